The van der Waals surface area contributed by atoms with Crippen molar-refractivity contribution in [1.82, 2.24) is 10.3 Å². The van der Waals surface area contributed by atoms with Crippen molar-refractivity contribution in [2.24, 2.45) is 11.8 Å². The molecule has 1 amide bonds. The number of hydrogen-bond acceptors (Lipinski definition) is 5. The number of thiazole rings is 1. The van der Waals surface area contributed by atoms with Crippen LogP contribution in [0.4, 0.5) is 15.2 Å². The van der Waals surface area contributed by atoms with Gasteiger partial charge in [-0.2, -0.15) is 0 Å². The van der Waals surface area contributed by atoms with Crippen LogP contribution in [-0.2, 0) is 0 Å². The van der Waals surface area contributed by atoms with Gasteiger partial charge in [0, 0.05) is 24.3 Å². The molecule has 0 aliphatic carbocycles. The molecule has 1 aromatic heterocycles. The third-order valence-electron chi connectivity index (χ3n) is 6.97. The zero-order valence-corrected chi connectivity index (χ0v) is 21.6. The minimum absolute atomic E-state index is 0.171. The van der Waals surface area contributed by atoms with E-state index >= 15 is 0 Å². The molecule has 0 bridgehead atoms. The zero-order valence-electron chi connectivity index (χ0n) is 20.8. The van der Waals surface area contributed by atoms with Crippen molar-refractivity contribution in [1.29, 1.82) is 0 Å². The quantitative estimate of drug-likeness (QED) is 0.306. The Bertz CT molecular complexity index is 1340. The molecule has 2 heterocycles. The lowest BCUT2D eigenvalue weighted by molar-refractivity contribution is 0.102. The highest BCUT2D eigenvalue weighted by Crippen LogP contribution is 2.35. The standard InChI is InChI=1S/C29H31FN4OS/c1-18(2)27(22-14-15-31-17-22)34(3)29-33-25-13-12-24(16-26(25)36-29)32-28(35)21-6-4-19(5-7-21)20-8-10-23(30)11-9-20/h4-13,16,18,22,27,31H,14-15,17H2,1-3H3,(H,32,35). The van der Waals surface area contributed by atoms with Crippen LogP contribution in [0.25, 0.3) is 21.3 Å². The average molecular weight is 503 g/mol. The number of aromatic nitrogens is 1. The molecule has 2 atom stereocenters. The van der Waals surface area contributed by atoms with Crippen molar-refractivity contribution in [3.8, 4) is 11.1 Å². The number of amides is 1. The number of hydrogen-bond donors (Lipinski definition) is 2. The molecule has 0 saturated carbocycles. The fourth-order valence-corrected chi connectivity index (χ4v) is 6.22. The van der Waals surface area contributed by atoms with Crippen LogP contribution < -0.4 is 15.5 Å². The summed E-state index contributed by atoms with van der Waals surface area (Å²) in [5, 5.41) is 7.51. The van der Waals surface area contributed by atoms with Crippen molar-refractivity contribution < 1.29 is 9.18 Å². The van der Waals surface area contributed by atoms with Crippen LogP contribution in [0.3, 0.4) is 0 Å². The highest BCUT2D eigenvalue weighted by atomic mass is 32.1. The lowest BCUT2D eigenvalue weighted by Gasteiger charge is -2.35. The van der Waals surface area contributed by atoms with E-state index in [9.17, 15) is 9.18 Å². The Morgan fingerprint density at radius 1 is 1.08 bits per heavy atom. The Morgan fingerprint density at radius 3 is 2.42 bits per heavy atom. The van der Waals surface area contributed by atoms with Crippen LogP contribution in [0.15, 0.2) is 66.7 Å². The summed E-state index contributed by atoms with van der Waals surface area (Å²) in [4.78, 5) is 20.1. The van der Waals surface area contributed by atoms with Crippen LogP contribution in [-0.4, -0.2) is 37.1 Å². The Hall–Kier alpha value is -3.29. The fraction of sp³-hybridized carbons (Fsp3) is 0.310. The molecule has 5 nitrogen and oxygen atoms in total. The summed E-state index contributed by atoms with van der Waals surface area (Å²) < 4.78 is 14.2. The Labute approximate surface area is 215 Å². The number of rotatable bonds is 7. The molecule has 1 saturated heterocycles. The Morgan fingerprint density at radius 2 is 1.78 bits per heavy atom. The maximum absolute atomic E-state index is 13.2. The Kier molecular flexibility index (Phi) is 7.03. The second-order valence-corrected chi connectivity index (χ2v) is 10.8. The number of fused-ring (bicyclic) bond motifs is 1. The SMILES string of the molecule is CC(C)C(C1CCNC1)N(C)c1nc2ccc(NC(=O)c3ccc(-c4ccc(F)cc4)cc3)cc2s1. The summed E-state index contributed by atoms with van der Waals surface area (Å²) in [6.45, 7) is 6.71. The Balaban J connectivity index is 1.30. The van der Waals surface area contributed by atoms with Gasteiger partial charge >= 0.3 is 0 Å². The van der Waals surface area contributed by atoms with Gasteiger partial charge in [-0.05, 0) is 84.9 Å². The molecule has 1 aliphatic heterocycles. The average Bonchev–Trinajstić information content (AvgIpc) is 3.54. The second kappa shape index (κ2) is 10.4. The number of nitrogens with zero attached hydrogens (tertiary/aromatic N) is 2. The van der Waals surface area contributed by atoms with E-state index in [4.69, 9.17) is 4.98 Å². The molecule has 0 radical (unpaired) electrons. The predicted octanol–water partition coefficient (Wildman–Crippen LogP) is 6.43. The second-order valence-electron chi connectivity index (χ2n) is 9.82. The lowest BCUT2D eigenvalue weighted by Crippen LogP contribution is -2.42. The van der Waals surface area contributed by atoms with E-state index in [1.807, 2.05) is 30.3 Å². The van der Waals surface area contributed by atoms with Gasteiger partial charge in [0.25, 0.3) is 5.91 Å². The first-order valence-corrected chi connectivity index (χ1v) is 13.2. The summed E-state index contributed by atoms with van der Waals surface area (Å²) in [5.74, 6) is 0.704. The number of nitrogens with one attached hydrogen (secondary N) is 2. The number of anilines is 2. The molecular formula is C29H31FN4OS. The molecular weight excluding hydrogens is 471 g/mol. The third kappa shape index (κ3) is 5.13. The van der Waals surface area contributed by atoms with Crippen LogP contribution in [0.2, 0.25) is 0 Å². The molecule has 3 aromatic carbocycles. The minimum atomic E-state index is -0.266. The molecule has 4 aromatic rings. The van der Waals surface area contributed by atoms with Crippen LogP contribution in [0.1, 0.15) is 30.6 Å². The minimum Gasteiger partial charge on any atom is -0.348 e. The van der Waals surface area contributed by atoms with Gasteiger partial charge in [-0.1, -0.05) is 49.4 Å². The first-order valence-electron chi connectivity index (χ1n) is 12.4. The van der Waals surface area contributed by atoms with Gasteiger partial charge in [-0.15, -0.1) is 0 Å². The fourth-order valence-electron chi connectivity index (χ4n) is 5.20. The highest BCUT2D eigenvalue weighted by molar-refractivity contribution is 7.22. The van der Waals surface area contributed by atoms with E-state index < -0.39 is 0 Å². The number of carbonyl (C=O) groups excluding carboxylic acids is 1. The van der Waals surface area contributed by atoms with E-state index in [0.717, 1.165) is 45.3 Å². The van der Waals surface area contributed by atoms with Gasteiger partial charge in [0.05, 0.1) is 10.2 Å². The van der Waals surface area contributed by atoms with E-state index in [2.05, 4.69) is 36.4 Å². The summed E-state index contributed by atoms with van der Waals surface area (Å²) in [6.07, 6.45) is 1.19. The van der Waals surface area contributed by atoms with Crippen molar-refractivity contribution in [2.45, 2.75) is 26.3 Å². The molecule has 1 aliphatic rings. The maximum atomic E-state index is 13.2. The van der Waals surface area contributed by atoms with Gasteiger partial charge in [0.1, 0.15) is 5.82 Å². The normalized spacial score (nSPS) is 16.4. The molecule has 0 spiro atoms. The molecule has 36 heavy (non-hydrogen) atoms. The van der Waals surface area contributed by atoms with Gasteiger partial charge in [0.15, 0.2) is 5.13 Å². The number of benzene rings is 3. The molecule has 186 valence electrons. The van der Waals surface area contributed by atoms with Gasteiger partial charge in [-0.25, -0.2) is 9.37 Å². The number of carbonyl (C=O) groups is 1. The summed E-state index contributed by atoms with van der Waals surface area (Å²) in [6, 6.07) is 20.0. The largest absolute Gasteiger partial charge is 0.348 e. The van der Waals surface area contributed by atoms with Crippen molar-refractivity contribution >= 4 is 38.3 Å². The monoisotopic (exact) mass is 502 g/mol. The van der Waals surface area contributed by atoms with E-state index in [-0.39, 0.29) is 11.7 Å². The first-order chi connectivity index (χ1) is 17.4. The van der Waals surface area contributed by atoms with Crippen molar-refractivity contribution in [3.05, 3.63) is 78.1 Å². The summed E-state index contributed by atoms with van der Waals surface area (Å²) in [5.41, 5.74) is 4.09. The van der Waals surface area contributed by atoms with E-state index in [0.29, 0.717) is 23.4 Å². The lowest BCUT2D eigenvalue weighted by atomic mass is 9.89. The third-order valence-corrected chi connectivity index (χ3v) is 8.08. The summed E-state index contributed by atoms with van der Waals surface area (Å²) in [7, 11) is 2.15. The molecule has 1 fully saturated rings. The van der Waals surface area contributed by atoms with Crippen LogP contribution in [0, 0.1) is 17.7 Å². The smallest absolute Gasteiger partial charge is 0.255 e. The van der Waals surface area contributed by atoms with Gasteiger partial charge < -0.3 is 15.5 Å². The van der Waals surface area contributed by atoms with Gasteiger partial charge in [-0.3, -0.25) is 4.79 Å². The number of halogens is 1. The molecule has 2 unspecified atom stereocenters. The van der Waals surface area contributed by atoms with E-state index in [1.54, 1.807) is 35.6 Å². The molecule has 5 rings (SSSR count). The zero-order chi connectivity index (χ0) is 25.2. The van der Waals surface area contributed by atoms with Crippen LogP contribution in [0.5, 0.6) is 0 Å². The first kappa shape index (κ1) is 24.4. The molecule has 7 heteroatoms. The van der Waals surface area contributed by atoms with Gasteiger partial charge in [0.2, 0.25) is 0 Å². The predicted molar refractivity (Wildman–Crippen MR) is 147 cm³/mol. The van der Waals surface area contributed by atoms with E-state index in [1.165, 1.54) is 18.6 Å². The summed E-state index contributed by atoms with van der Waals surface area (Å²) >= 11 is 1.66. The van der Waals surface area contributed by atoms with Crippen LogP contribution >= 0.6 is 11.3 Å². The van der Waals surface area contributed by atoms with Crippen molar-refractivity contribution in [2.75, 3.05) is 30.4 Å². The maximum Gasteiger partial charge on any atom is 0.255 e. The van der Waals surface area contributed by atoms with Crippen molar-refractivity contribution in [3.63, 3.8) is 0 Å². The highest BCUT2D eigenvalue weighted by Gasteiger charge is 2.31. The molecule has 2 N–H and O–H groups in total. The topological polar surface area (TPSA) is 57.3 Å².